The lowest BCUT2D eigenvalue weighted by Crippen LogP contribution is -2.17. The highest BCUT2D eigenvalue weighted by Gasteiger charge is 2.08. The highest BCUT2D eigenvalue weighted by molar-refractivity contribution is 5.93. The Morgan fingerprint density at radius 1 is 1.44 bits per heavy atom. The van der Waals surface area contributed by atoms with Crippen molar-refractivity contribution in [2.24, 2.45) is 5.92 Å². The van der Waals surface area contributed by atoms with Gasteiger partial charge in [-0.2, -0.15) is 0 Å². The topological polar surface area (TPSA) is 55.1 Å². The van der Waals surface area contributed by atoms with E-state index in [1.54, 1.807) is 13.0 Å². The summed E-state index contributed by atoms with van der Waals surface area (Å²) in [7, 11) is 0. The predicted octanol–water partition coefficient (Wildman–Crippen LogP) is 2.73. The van der Waals surface area contributed by atoms with Crippen molar-refractivity contribution < 1.29 is 9.21 Å². The van der Waals surface area contributed by atoms with Crippen molar-refractivity contribution in [3.05, 3.63) is 24.1 Å². The van der Waals surface area contributed by atoms with Crippen molar-refractivity contribution in [3.63, 3.8) is 0 Å². The lowest BCUT2D eigenvalue weighted by atomic mass is 10.2. The lowest BCUT2D eigenvalue weighted by molar-refractivity contribution is -0.118. The number of hydrogen-bond donors (Lipinski definition) is 1. The molecule has 0 fully saturated rings. The molecule has 0 saturated heterocycles. The van der Waals surface area contributed by atoms with Gasteiger partial charge in [-0.1, -0.05) is 13.8 Å². The van der Waals surface area contributed by atoms with Crippen LogP contribution in [0.15, 0.2) is 22.6 Å². The third-order valence-electron chi connectivity index (χ3n) is 2.29. The Balaban J connectivity index is 2.29. The molecule has 0 aliphatic carbocycles. The van der Waals surface area contributed by atoms with E-state index in [9.17, 15) is 4.79 Å². The Bertz CT molecular complexity index is 529. The fraction of sp³-hybridized carbons (Fsp3) is 0.333. The number of anilines is 1. The number of fused-ring (bicyclic) bond motifs is 1. The van der Waals surface area contributed by atoms with Gasteiger partial charge in [0.25, 0.3) is 0 Å². The van der Waals surface area contributed by atoms with Crippen molar-refractivity contribution in [2.45, 2.75) is 20.8 Å². The van der Waals surface area contributed by atoms with Gasteiger partial charge in [0.05, 0.1) is 0 Å². The van der Waals surface area contributed by atoms with Crippen LogP contribution in [-0.2, 0) is 4.79 Å². The van der Waals surface area contributed by atoms with E-state index in [-0.39, 0.29) is 11.8 Å². The Kier molecular flexibility index (Phi) is 2.64. The summed E-state index contributed by atoms with van der Waals surface area (Å²) in [4.78, 5) is 15.7. The van der Waals surface area contributed by atoms with Crippen LogP contribution < -0.4 is 5.32 Å². The molecule has 1 heterocycles. The van der Waals surface area contributed by atoms with Crippen molar-refractivity contribution in [1.82, 2.24) is 4.98 Å². The number of amides is 1. The van der Waals surface area contributed by atoms with Crippen LogP contribution in [0.2, 0.25) is 0 Å². The molecular weight excluding hydrogens is 204 g/mol. The van der Waals surface area contributed by atoms with E-state index in [1.807, 2.05) is 26.0 Å². The molecular formula is C12H14N2O2. The summed E-state index contributed by atoms with van der Waals surface area (Å²) in [6, 6.07) is 5.45. The van der Waals surface area contributed by atoms with Gasteiger partial charge in [-0.25, -0.2) is 4.98 Å². The van der Waals surface area contributed by atoms with E-state index < -0.39 is 0 Å². The predicted molar refractivity (Wildman–Crippen MR) is 62.2 cm³/mol. The summed E-state index contributed by atoms with van der Waals surface area (Å²) in [6.07, 6.45) is 0. The first-order valence-electron chi connectivity index (χ1n) is 5.24. The largest absolute Gasteiger partial charge is 0.441 e. The van der Waals surface area contributed by atoms with Gasteiger partial charge in [0, 0.05) is 24.6 Å². The molecule has 0 atom stereocenters. The average molecular weight is 218 g/mol. The molecule has 1 amide bonds. The smallest absolute Gasteiger partial charge is 0.226 e. The van der Waals surface area contributed by atoms with Gasteiger partial charge >= 0.3 is 0 Å². The maximum atomic E-state index is 11.5. The first-order chi connectivity index (χ1) is 7.56. The SMILES string of the molecule is Cc1nc2ccc(NC(=O)C(C)C)cc2o1. The van der Waals surface area contributed by atoms with Crippen LogP contribution in [0.5, 0.6) is 0 Å². The monoisotopic (exact) mass is 218 g/mol. The van der Waals surface area contributed by atoms with Gasteiger partial charge in [0.2, 0.25) is 5.91 Å². The molecule has 1 aromatic heterocycles. The average Bonchev–Trinajstić information content (AvgIpc) is 2.57. The zero-order valence-electron chi connectivity index (χ0n) is 9.57. The molecule has 4 nitrogen and oxygen atoms in total. The molecule has 0 radical (unpaired) electrons. The quantitative estimate of drug-likeness (QED) is 0.843. The van der Waals surface area contributed by atoms with Crippen LogP contribution in [0.4, 0.5) is 5.69 Å². The number of nitrogens with one attached hydrogen (secondary N) is 1. The maximum absolute atomic E-state index is 11.5. The van der Waals surface area contributed by atoms with Crippen LogP contribution in [0.25, 0.3) is 11.1 Å². The van der Waals surface area contributed by atoms with Gasteiger partial charge in [-0.15, -0.1) is 0 Å². The van der Waals surface area contributed by atoms with Crippen LogP contribution in [0, 0.1) is 12.8 Å². The fourth-order valence-corrected chi connectivity index (χ4v) is 1.40. The number of aryl methyl sites for hydroxylation is 1. The first kappa shape index (κ1) is 10.7. The minimum absolute atomic E-state index is 0.00409. The second-order valence-electron chi connectivity index (χ2n) is 4.06. The number of carbonyl (C=O) groups is 1. The molecule has 2 rings (SSSR count). The number of aromatic nitrogens is 1. The van der Waals surface area contributed by atoms with E-state index in [2.05, 4.69) is 10.3 Å². The van der Waals surface area contributed by atoms with Crippen LogP contribution >= 0.6 is 0 Å². The summed E-state index contributed by atoms with van der Waals surface area (Å²) < 4.78 is 5.39. The molecule has 0 aliphatic rings. The van der Waals surface area contributed by atoms with Crippen LogP contribution in [0.3, 0.4) is 0 Å². The number of benzene rings is 1. The molecule has 4 heteroatoms. The second kappa shape index (κ2) is 3.96. The van der Waals surface area contributed by atoms with Gasteiger partial charge < -0.3 is 9.73 Å². The van der Waals surface area contributed by atoms with Crippen molar-refractivity contribution >= 4 is 22.7 Å². The maximum Gasteiger partial charge on any atom is 0.226 e. The summed E-state index contributed by atoms with van der Waals surface area (Å²) in [5, 5.41) is 2.82. The molecule has 1 N–H and O–H groups in total. The first-order valence-corrected chi connectivity index (χ1v) is 5.24. The van der Waals surface area contributed by atoms with Gasteiger partial charge in [-0.05, 0) is 12.1 Å². The zero-order chi connectivity index (χ0) is 11.7. The highest BCUT2D eigenvalue weighted by Crippen LogP contribution is 2.20. The standard InChI is InChI=1S/C12H14N2O2/c1-7(2)12(15)14-9-4-5-10-11(6-9)16-8(3)13-10/h4-7H,1-3H3,(H,14,15). The number of oxazole rings is 1. The Labute approximate surface area is 93.7 Å². The Morgan fingerprint density at radius 2 is 2.19 bits per heavy atom. The van der Waals surface area contributed by atoms with Crippen molar-refractivity contribution in [1.29, 1.82) is 0 Å². The second-order valence-corrected chi connectivity index (χ2v) is 4.06. The molecule has 16 heavy (non-hydrogen) atoms. The van der Waals surface area contributed by atoms with Gasteiger partial charge in [-0.3, -0.25) is 4.79 Å². The van der Waals surface area contributed by atoms with E-state index >= 15 is 0 Å². The van der Waals surface area contributed by atoms with E-state index in [1.165, 1.54) is 0 Å². The van der Waals surface area contributed by atoms with Crippen molar-refractivity contribution in [3.8, 4) is 0 Å². The molecule has 0 spiro atoms. The molecule has 0 unspecified atom stereocenters. The molecule has 0 bridgehead atoms. The van der Waals surface area contributed by atoms with E-state index in [4.69, 9.17) is 4.42 Å². The third kappa shape index (κ3) is 2.05. The molecule has 2 aromatic rings. The summed E-state index contributed by atoms with van der Waals surface area (Å²) in [5.74, 6) is 0.588. The fourth-order valence-electron chi connectivity index (χ4n) is 1.40. The van der Waals surface area contributed by atoms with E-state index in [0.717, 1.165) is 11.2 Å². The normalized spacial score (nSPS) is 11.0. The molecule has 84 valence electrons. The van der Waals surface area contributed by atoms with Crippen molar-refractivity contribution in [2.75, 3.05) is 5.32 Å². The Morgan fingerprint density at radius 3 is 2.88 bits per heavy atom. The number of nitrogens with zero attached hydrogens (tertiary/aromatic N) is 1. The molecule has 0 aliphatic heterocycles. The zero-order valence-corrected chi connectivity index (χ0v) is 9.57. The molecule has 0 saturated carbocycles. The number of hydrogen-bond acceptors (Lipinski definition) is 3. The minimum atomic E-state index is -0.0350. The lowest BCUT2D eigenvalue weighted by Gasteiger charge is -2.06. The summed E-state index contributed by atoms with van der Waals surface area (Å²) in [6.45, 7) is 5.51. The van der Waals surface area contributed by atoms with E-state index in [0.29, 0.717) is 11.5 Å². The number of rotatable bonds is 2. The highest BCUT2D eigenvalue weighted by atomic mass is 16.3. The summed E-state index contributed by atoms with van der Waals surface area (Å²) >= 11 is 0. The van der Waals surface area contributed by atoms with Gasteiger partial charge in [0.1, 0.15) is 5.52 Å². The Hall–Kier alpha value is -1.84. The van der Waals surface area contributed by atoms with Crippen LogP contribution in [0.1, 0.15) is 19.7 Å². The minimum Gasteiger partial charge on any atom is -0.441 e. The molecule has 1 aromatic carbocycles. The van der Waals surface area contributed by atoms with Gasteiger partial charge in [0.15, 0.2) is 11.5 Å². The summed E-state index contributed by atoms with van der Waals surface area (Å²) in [5.41, 5.74) is 2.24. The third-order valence-corrected chi connectivity index (χ3v) is 2.29. The number of carbonyl (C=O) groups excluding carboxylic acids is 1. The van der Waals surface area contributed by atoms with Crippen LogP contribution in [-0.4, -0.2) is 10.9 Å².